The molecule has 2 nitrogen and oxygen atoms in total. The zero-order valence-corrected chi connectivity index (χ0v) is 12.8. The minimum absolute atomic E-state index is 0.239. The van der Waals surface area contributed by atoms with Gasteiger partial charge in [0.25, 0.3) is 0 Å². The summed E-state index contributed by atoms with van der Waals surface area (Å²) in [4.78, 5) is 0.498. The van der Waals surface area contributed by atoms with Gasteiger partial charge in [-0.15, -0.1) is 0 Å². The molecule has 0 aliphatic carbocycles. The molecule has 0 bridgehead atoms. The standard InChI is InChI=1S/C13H10Cl3NOS/c14-9-1-3-11(15)8(5-9)7-19(18)13-6-10(17)2-4-12(13)16/h1-6H,7,17H2. The molecule has 2 N–H and O–H groups in total. The van der Waals surface area contributed by atoms with Crippen molar-refractivity contribution in [3.63, 3.8) is 0 Å². The molecule has 0 amide bonds. The van der Waals surface area contributed by atoms with E-state index >= 15 is 0 Å². The maximum Gasteiger partial charge on any atom is 0.0598 e. The Balaban J connectivity index is 2.30. The van der Waals surface area contributed by atoms with E-state index in [9.17, 15) is 4.21 Å². The molecule has 2 rings (SSSR count). The van der Waals surface area contributed by atoms with Gasteiger partial charge in [0.05, 0.1) is 26.5 Å². The number of rotatable bonds is 3. The van der Waals surface area contributed by atoms with E-state index in [2.05, 4.69) is 0 Å². The number of halogens is 3. The normalized spacial score (nSPS) is 12.4. The molecule has 0 heterocycles. The first kappa shape index (κ1) is 14.7. The lowest BCUT2D eigenvalue weighted by Gasteiger charge is -2.08. The summed E-state index contributed by atoms with van der Waals surface area (Å²) < 4.78 is 12.3. The van der Waals surface area contributed by atoms with Crippen molar-refractivity contribution < 1.29 is 4.21 Å². The van der Waals surface area contributed by atoms with Gasteiger partial charge in [-0.25, -0.2) is 0 Å². The Kier molecular flexibility index (Phi) is 4.74. The van der Waals surface area contributed by atoms with Crippen molar-refractivity contribution >= 4 is 51.3 Å². The van der Waals surface area contributed by atoms with E-state index in [1.54, 1.807) is 36.4 Å². The molecule has 0 aliphatic heterocycles. The molecule has 0 saturated carbocycles. The molecule has 19 heavy (non-hydrogen) atoms. The van der Waals surface area contributed by atoms with Crippen molar-refractivity contribution in [2.24, 2.45) is 0 Å². The van der Waals surface area contributed by atoms with Gasteiger partial charge < -0.3 is 5.73 Å². The third kappa shape index (κ3) is 3.63. The summed E-state index contributed by atoms with van der Waals surface area (Å²) in [7, 11) is -1.33. The van der Waals surface area contributed by atoms with Gasteiger partial charge in [0, 0.05) is 15.7 Å². The minimum atomic E-state index is -1.33. The molecule has 2 aromatic carbocycles. The number of hydrogen-bond donors (Lipinski definition) is 1. The Morgan fingerprint density at radius 2 is 1.68 bits per heavy atom. The number of nitrogens with two attached hydrogens (primary N) is 1. The fourth-order valence-corrected chi connectivity index (χ4v) is 3.63. The topological polar surface area (TPSA) is 43.1 Å². The Labute approximate surface area is 128 Å². The molecule has 100 valence electrons. The van der Waals surface area contributed by atoms with Gasteiger partial charge in [0.15, 0.2) is 0 Å². The van der Waals surface area contributed by atoms with E-state index in [1.807, 2.05) is 0 Å². The summed E-state index contributed by atoms with van der Waals surface area (Å²) in [5, 5.41) is 1.50. The molecule has 2 aromatic rings. The lowest BCUT2D eigenvalue weighted by Crippen LogP contribution is -1.99. The second-order valence-electron chi connectivity index (χ2n) is 3.92. The van der Waals surface area contributed by atoms with Crippen LogP contribution in [0.3, 0.4) is 0 Å². The van der Waals surface area contributed by atoms with Crippen LogP contribution in [0, 0.1) is 0 Å². The Hall–Kier alpha value is -0.740. The molecule has 0 spiro atoms. The zero-order valence-electron chi connectivity index (χ0n) is 9.70. The summed E-state index contributed by atoms with van der Waals surface area (Å²) >= 11 is 18.0. The van der Waals surface area contributed by atoms with Crippen molar-refractivity contribution in [3.8, 4) is 0 Å². The Morgan fingerprint density at radius 3 is 2.42 bits per heavy atom. The molecular weight excluding hydrogens is 325 g/mol. The highest BCUT2D eigenvalue weighted by atomic mass is 35.5. The highest BCUT2D eigenvalue weighted by Gasteiger charge is 2.12. The number of nitrogen functional groups attached to an aromatic ring is 1. The maximum absolute atomic E-state index is 12.3. The molecule has 1 unspecified atom stereocenters. The average molecular weight is 335 g/mol. The quantitative estimate of drug-likeness (QED) is 0.838. The fourth-order valence-electron chi connectivity index (χ4n) is 1.57. The highest BCUT2D eigenvalue weighted by molar-refractivity contribution is 7.84. The van der Waals surface area contributed by atoms with Gasteiger partial charge in [-0.05, 0) is 42.0 Å². The van der Waals surface area contributed by atoms with Crippen molar-refractivity contribution in [1.82, 2.24) is 0 Å². The molecule has 0 aliphatic rings. The number of anilines is 1. The fraction of sp³-hybridized carbons (Fsp3) is 0.0769. The third-order valence-electron chi connectivity index (χ3n) is 2.49. The third-order valence-corrected chi connectivity index (χ3v) is 4.94. The van der Waals surface area contributed by atoms with Crippen LogP contribution in [-0.4, -0.2) is 4.21 Å². The van der Waals surface area contributed by atoms with Gasteiger partial charge >= 0.3 is 0 Å². The number of benzene rings is 2. The first-order chi connectivity index (χ1) is 8.97. The van der Waals surface area contributed by atoms with Crippen LogP contribution in [0.15, 0.2) is 41.3 Å². The van der Waals surface area contributed by atoms with Crippen molar-refractivity contribution in [1.29, 1.82) is 0 Å². The van der Waals surface area contributed by atoms with E-state index in [0.29, 0.717) is 31.2 Å². The SMILES string of the molecule is Nc1ccc(Cl)c(S(=O)Cc2cc(Cl)ccc2Cl)c1. The van der Waals surface area contributed by atoms with Crippen LogP contribution in [-0.2, 0) is 16.6 Å². The second kappa shape index (κ2) is 6.14. The van der Waals surface area contributed by atoms with Crippen molar-refractivity contribution in [3.05, 3.63) is 57.0 Å². The van der Waals surface area contributed by atoms with E-state index in [0.717, 1.165) is 0 Å². The molecule has 1 atom stereocenters. The first-order valence-corrected chi connectivity index (χ1v) is 7.80. The van der Waals surface area contributed by atoms with Gasteiger partial charge in [0.1, 0.15) is 0 Å². The van der Waals surface area contributed by atoms with E-state index in [-0.39, 0.29) is 5.75 Å². The van der Waals surface area contributed by atoms with Crippen LogP contribution >= 0.6 is 34.8 Å². The van der Waals surface area contributed by atoms with Crippen LogP contribution in [0.5, 0.6) is 0 Å². The van der Waals surface area contributed by atoms with Gasteiger partial charge in [-0.3, -0.25) is 4.21 Å². The maximum atomic E-state index is 12.3. The molecule has 0 radical (unpaired) electrons. The Bertz CT molecular complexity index is 646. The second-order valence-corrected chi connectivity index (χ2v) is 6.59. The van der Waals surface area contributed by atoms with Gasteiger partial charge in [-0.2, -0.15) is 0 Å². The predicted molar refractivity (Wildman–Crippen MR) is 82.4 cm³/mol. The predicted octanol–water partition coefficient (Wildman–Crippen LogP) is 4.54. The van der Waals surface area contributed by atoms with Crippen LogP contribution in [0.4, 0.5) is 5.69 Å². The summed E-state index contributed by atoms with van der Waals surface area (Å²) in [6.45, 7) is 0. The number of hydrogen-bond acceptors (Lipinski definition) is 2. The largest absolute Gasteiger partial charge is 0.399 e. The summed E-state index contributed by atoms with van der Waals surface area (Å²) in [5.74, 6) is 0.239. The Morgan fingerprint density at radius 1 is 1.00 bits per heavy atom. The molecule has 0 aromatic heterocycles. The summed E-state index contributed by atoms with van der Waals surface area (Å²) in [6, 6.07) is 9.96. The summed E-state index contributed by atoms with van der Waals surface area (Å²) in [6.07, 6.45) is 0. The van der Waals surface area contributed by atoms with E-state index in [4.69, 9.17) is 40.5 Å². The van der Waals surface area contributed by atoms with E-state index < -0.39 is 10.8 Å². The zero-order chi connectivity index (χ0) is 14.0. The lowest BCUT2D eigenvalue weighted by molar-refractivity contribution is 0.682. The molecule has 0 saturated heterocycles. The molecular formula is C13H10Cl3NOS. The molecule has 0 fully saturated rings. The average Bonchev–Trinajstić information content (AvgIpc) is 2.36. The summed E-state index contributed by atoms with van der Waals surface area (Å²) in [5.41, 5.74) is 6.90. The van der Waals surface area contributed by atoms with Crippen molar-refractivity contribution in [2.45, 2.75) is 10.6 Å². The highest BCUT2D eigenvalue weighted by Crippen LogP contribution is 2.27. The first-order valence-electron chi connectivity index (χ1n) is 5.34. The molecule has 6 heteroatoms. The van der Waals surface area contributed by atoms with Crippen LogP contribution < -0.4 is 5.73 Å². The smallest absolute Gasteiger partial charge is 0.0598 e. The van der Waals surface area contributed by atoms with Crippen LogP contribution in [0.1, 0.15) is 5.56 Å². The lowest BCUT2D eigenvalue weighted by atomic mass is 10.2. The van der Waals surface area contributed by atoms with Crippen LogP contribution in [0.25, 0.3) is 0 Å². The van der Waals surface area contributed by atoms with Gasteiger partial charge in [0.2, 0.25) is 0 Å². The van der Waals surface area contributed by atoms with Crippen LogP contribution in [0.2, 0.25) is 15.1 Å². The van der Waals surface area contributed by atoms with E-state index in [1.165, 1.54) is 0 Å². The van der Waals surface area contributed by atoms with Gasteiger partial charge in [-0.1, -0.05) is 34.8 Å². The minimum Gasteiger partial charge on any atom is -0.399 e. The monoisotopic (exact) mass is 333 g/mol. The van der Waals surface area contributed by atoms with Crippen molar-refractivity contribution in [2.75, 3.05) is 5.73 Å².